The summed E-state index contributed by atoms with van der Waals surface area (Å²) in [6.45, 7) is -2.91. The number of fused-ring (bicyclic) bond motifs is 2. The normalized spacial score (nSPS) is 11.5. The van der Waals surface area contributed by atoms with Gasteiger partial charge < -0.3 is 10.6 Å². The second kappa shape index (κ2) is 14.8. The fraction of sp³-hybridized carbons (Fsp3) is 0.118. The van der Waals surface area contributed by atoms with Crippen LogP contribution in [0.15, 0.2) is 91.8 Å². The van der Waals surface area contributed by atoms with Crippen LogP contribution in [0.1, 0.15) is 20.7 Å². The van der Waals surface area contributed by atoms with Crippen molar-refractivity contribution in [1.29, 1.82) is 0 Å². The Morgan fingerprint density at radius 2 is 1.02 bits per heavy atom. The Labute approximate surface area is 281 Å². The van der Waals surface area contributed by atoms with E-state index in [4.69, 9.17) is 0 Å². The van der Waals surface area contributed by atoms with Gasteiger partial charge in [0, 0.05) is 58.3 Å². The van der Waals surface area contributed by atoms with Crippen LogP contribution in [0.5, 0.6) is 0 Å². The van der Waals surface area contributed by atoms with E-state index in [0.29, 0.717) is 39.0 Å². The van der Waals surface area contributed by atoms with Crippen LogP contribution < -0.4 is 10.6 Å². The van der Waals surface area contributed by atoms with Gasteiger partial charge in [-0.25, -0.2) is 13.2 Å². The summed E-state index contributed by atoms with van der Waals surface area (Å²) in [4.78, 5) is 39.8. The quantitative estimate of drug-likeness (QED) is 0.172. The number of nitrogens with zero attached hydrogens (tertiary/aromatic N) is 4. The van der Waals surface area contributed by atoms with Gasteiger partial charge >= 0.3 is 12.4 Å². The molecule has 0 bridgehead atoms. The molecule has 0 spiro atoms. The molecule has 51 heavy (non-hydrogen) atoms. The molecule has 0 aliphatic rings. The van der Waals surface area contributed by atoms with E-state index in [0.717, 1.165) is 12.3 Å². The molecule has 0 aliphatic heterocycles. The average molecular weight is 717 g/mol. The summed E-state index contributed by atoms with van der Waals surface area (Å²) in [7, 11) is 0. The smallest absolute Gasteiger partial charge is 0.343 e. The molecule has 262 valence electrons. The third-order valence-electron chi connectivity index (χ3n) is 7.02. The molecule has 17 heteroatoms. The lowest BCUT2D eigenvalue weighted by atomic mass is 10.0. The van der Waals surface area contributed by atoms with Crippen molar-refractivity contribution in [2.75, 3.05) is 13.1 Å². The highest BCUT2D eigenvalue weighted by atomic mass is 19.4. The number of halogens is 9. The van der Waals surface area contributed by atoms with Crippen LogP contribution in [0.2, 0.25) is 0 Å². The molecule has 4 aromatic heterocycles. The number of amides is 2. The maximum atomic E-state index is 14.1. The predicted octanol–water partition coefficient (Wildman–Crippen LogP) is 7.60. The molecule has 8 nitrogen and oxygen atoms in total. The Kier molecular flexibility index (Phi) is 10.5. The molecular formula is C34H21F9N6O2. The Hall–Kier alpha value is -6.13. The topological polar surface area (TPSA) is 110 Å². The summed E-state index contributed by atoms with van der Waals surface area (Å²) < 4.78 is 114. The number of carbonyl (C=O) groups is 2. The zero-order valence-corrected chi connectivity index (χ0v) is 25.6. The Bertz CT molecular complexity index is 2230. The number of benzene rings is 2. The first-order chi connectivity index (χ1) is 24.1. The summed E-state index contributed by atoms with van der Waals surface area (Å²) in [6, 6.07) is 11.3. The van der Waals surface area contributed by atoms with Gasteiger partial charge in [-0.3, -0.25) is 29.5 Å². The van der Waals surface area contributed by atoms with E-state index in [1.807, 2.05) is 0 Å². The number of aromatic nitrogens is 4. The molecule has 0 fully saturated rings. The van der Waals surface area contributed by atoms with E-state index < -0.39 is 54.7 Å². The second-order valence-electron chi connectivity index (χ2n) is 10.7. The second-order valence-corrected chi connectivity index (χ2v) is 10.7. The van der Waals surface area contributed by atoms with Crippen molar-refractivity contribution in [1.82, 2.24) is 30.6 Å². The number of hydrogen-bond acceptors (Lipinski definition) is 6. The standard InChI is InChI=1S/C17H10F5N3O.C17H11F4N3O/c18-10-1-2-11(14(19)4-10)13-6-23-7-15-12(13)3-9(5-24-15)16(26)25-8-17(20,21)22;18-12-3-1-10(2-4-12)14-7-22-8-15-13(14)5-11(6-23-15)16(25)24-9-17(19,20)21/h1-7H,8H2,(H,25,26);1-8H,9H2,(H,24,25). The van der Waals surface area contributed by atoms with Gasteiger partial charge in [-0.15, -0.1) is 0 Å². The van der Waals surface area contributed by atoms with E-state index >= 15 is 0 Å². The minimum Gasteiger partial charge on any atom is -0.343 e. The minimum absolute atomic E-state index is 0.00804. The van der Waals surface area contributed by atoms with Crippen molar-refractivity contribution in [2.24, 2.45) is 0 Å². The van der Waals surface area contributed by atoms with Crippen LogP contribution in [-0.2, 0) is 0 Å². The van der Waals surface area contributed by atoms with Gasteiger partial charge in [-0.1, -0.05) is 12.1 Å². The van der Waals surface area contributed by atoms with Crippen molar-refractivity contribution >= 4 is 33.6 Å². The molecular weight excluding hydrogens is 695 g/mol. The number of nitrogens with one attached hydrogen (secondary N) is 2. The van der Waals surface area contributed by atoms with Gasteiger partial charge in [-0.05, 0) is 42.0 Å². The summed E-state index contributed by atoms with van der Waals surface area (Å²) >= 11 is 0. The third kappa shape index (κ3) is 9.31. The van der Waals surface area contributed by atoms with Crippen molar-refractivity contribution in [3.8, 4) is 22.3 Å². The molecule has 6 aromatic rings. The fourth-order valence-corrected chi connectivity index (χ4v) is 4.69. The largest absolute Gasteiger partial charge is 0.405 e. The highest BCUT2D eigenvalue weighted by Crippen LogP contribution is 2.30. The summed E-state index contributed by atoms with van der Waals surface area (Å²) in [6.07, 6.45) is -1.11. The predicted molar refractivity (Wildman–Crippen MR) is 167 cm³/mol. The van der Waals surface area contributed by atoms with Gasteiger partial charge in [0.15, 0.2) is 0 Å². The molecule has 2 aromatic carbocycles. The number of carbonyl (C=O) groups excluding carboxylic acids is 2. The summed E-state index contributed by atoms with van der Waals surface area (Å²) in [5.41, 5.74) is 2.14. The number of alkyl halides is 6. The molecule has 4 heterocycles. The van der Waals surface area contributed by atoms with Gasteiger partial charge in [0.2, 0.25) is 0 Å². The average Bonchev–Trinajstić information content (AvgIpc) is 3.09. The van der Waals surface area contributed by atoms with Crippen molar-refractivity contribution in [3.63, 3.8) is 0 Å². The van der Waals surface area contributed by atoms with Crippen molar-refractivity contribution < 1.29 is 49.1 Å². The summed E-state index contributed by atoms with van der Waals surface area (Å²) in [5, 5.41) is 4.37. The Morgan fingerprint density at radius 3 is 1.51 bits per heavy atom. The number of pyridine rings is 4. The molecule has 0 atom stereocenters. The molecule has 2 amide bonds. The Morgan fingerprint density at radius 1 is 0.549 bits per heavy atom. The first-order valence-corrected chi connectivity index (χ1v) is 14.5. The van der Waals surface area contributed by atoms with Crippen LogP contribution in [0.4, 0.5) is 39.5 Å². The first-order valence-electron chi connectivity index (χ1n) is 14.5. The van der Waals surface area contributed by atoms with Crippen LogP contribution in [-0.4, -0.2) is 57.2 Å². The van der Waals surface area contributed by atoms with Crippen LogP contribution in [0.3, 0.4) is 0 Å². The van der Waals surface area contributed by atoms with Gasteiger partial charge in [0.25, 0.3) is 11.8 Å². The molecule has 0 radical (unpaired) electrons. The zero-order valence-electron chi connectivity index (χ0n) is 25.6. The third-order valence-corrected chi connectivity index (χ3v) is 7.02. The van der Waals surface area contributed by atoms with Crippen molar-refractivity contribution in [3.05, 3.63) is 120 Å². The number of hydrogen-bond donors (Lipinski definition) is 2. The first kappa shape index (κ1) is 36.2. The maximum absolute atomic E-state index is 14.1. The van der Waals surface area contributed by atoms with Gasteiger partial charge in [-0.2, -0.15) is 26.3 Å². The lowest BCUT2D eigenvalue weighted by Gasteiger charge is -2.10. The molecule has 2 N–H and O–H groups in total. The molecule has 0 saturated heterocycles. The zero-order chi connectivity index (χ0) is 36.9. The molecule has 6 rings (SSSR count). The fourth-order valence-electron chi connectivity index (χ4n) is 4.69. The lowest BCUT2D eigenvalue weighted by molar-refractivity contribution is -0.123. The van der Waals surface area contributed by atoms with Gasteiger partial charge in [0.05, 0.1) is 34.6 Å². The highest BCUT2D eigenvalue weighted by Gasteiger charge is 2.29. The van der Waals surface area contributed by atoms with E-state index in [2.05, 4.69) is 19.9 Å². The van der Waals surface area contributed by atoms with E-state index in [1.165, 1.54) is 61.3 Å². The lowest BCUT2D eigenvalue weighted by Crippen LogP contribution is -2.33. The molecule has 0 unspecified atom stereocenters. The van der Waals surface area contributed by atoms with E-state index in [9.17, 15) is 49.1 Å². The van der Waals surface area contributed by atoms with Crippen LogP contribution in [0, 0.1) is 17.5 Å². The SMILES string of the molecule is O=C(NCC(F)(F)F)c1cnc2cncc(-c3ccc(F)cc3)c2c1.O=C(NCC(F)(F)F)c1cnc2cncc(-c3ccc(F)cc3F)c2c1. The van der Waals surface area contributed by atoms with Gasteiger partial charge in [0.1, 0.15) is 30.5 Å². The van der Waals surface area contributed by atoms with E-state index in [1.54, 1.807) is 22.8 Å². The summed E-state index contributed by atoms with van der Waals surface area (Å²) in [5.74, 6) is -3.86. The van der Waals surface area contributed by atoms with Crippen LogP contribution in [0.25, 0.3) is 44.1 Å². The van der Waals surface area contributed by atoms with Crippen molar-refractivity contribution in [2.45, 2.75) is 12.4 Å². The molecule has 0 saturated carbocycles. The monoisotopic (exact) mass is 716 g/mol. The minimum atomic E-state index is -4.55. The van der Waals surface area contributed by atoms with E-state index in [-0.39, 0.29) is 22.3 Å². The number of rotatable bonds is 6. The van der Waals surface area contributed by atoms with Crippen LogP contribution >= 0.6 is 0 Å². The highest BCUT2D eigenvalue weighted by molar-refractivity contribution is 6.02. The maximum Gasteiger partial charge on any atom is 0.405 e. The Balaban J connectivity index is 0.000000198. The molecule has 0 aliphatic carbocycles.